The van der Waals surface area contributed by atoms with Gasteiger partial charge in [0.2, 0.25) is 5.91 Å². The zero-order valence-electron chi connectivity index (χ0n) is 11.5. The molecule has 0 saturated heterocycles. The molecule has 1 aliphatic carbocycles. The molecule has 21 heavy (non-hydrogen) atoms. The van der Waals surface area contributed by atoms with E-state index in [1.54, 1.807) is 25.4 Å². The molecule has 1 aliphatic rings. The molecule has 1 N–H and O–H groups in total. The Balaban J connectivity index is 1.64. The fourth-order valence-electron chi connectivity index (χ4n) is 2.41. The van der Waals surface area contributed by atoms with E-state index < -0.39 is 0 Å². The molecule has 0 aliphatic heterocycles. The topological polar surface area (TPSA) is 51.2 Å². The highest BCUT2D eigenvalue weighted by Crippen LogP contribution is 2.48. The quantitative estimate of drug-likeness (QED) is 0.880. The molecule has 0 radical (unpaired) electrons. The number of hydrogen-bond donors (Lipinski definition) is 1. The molecule has 1 saturated carbocycles. The molecule has 2 unspecified atom stereocenters. The van der Waals surface area contributed by atoms with Gasteiger partial charge in [0.15, 0.2) is 5.15 Å². The average Bonchev–Trinajstić information content (AvgIpc) is 3.30. The first-order chi connectivity index (χ1) is 10.2. The van der Waals surface area contributed by atoms with E-state index in [1.807, 2.05) is 24.3 Å². The number of rotatable bonds is 4. The van der Waals surface area contributed by atoms with Gasteiger partial charge in [-0.2, -0.15) is 0 Å². The van der Waals surface area contributed by atoms with Crippen LogP contribution in [0.2, 0.25) is 5.15 Å². The molecular weight excluding hydrogens is 288 g/mol. The number of aromatic nitrogens is 1. The van der Waals surface area contributed by atoms with Crippen LogP contribution in [0.25, 0.3) is 0 Å². The summed E-state index contributed by atoms with van der Waals surface area (Å²) in [4.78, 5) is 16.2. The van der Waals surface area contributed by atoms with Crippen LogP contribution in [0.3, 0.4) is 0 Å². The van der Waals surface area contributed by atoms with Crippen LogP contribution in [0.5, 0.6) is 5.75 Å². The maximum atomic E-state index is 12.2. The van der Waals surface area contributed by atoms with Crippen molar-refractivity contribution in [3.05, 3.63) is 53.3 Å². The van der Waals surface area contributed by atoms with E-state index in [0.717, 1.165) is 17.7 Å². The summed E-state index contributed by atoms with van der Waals surface area (Å²) in [5.74, 6) is 1.08. The Morgan fingerprint density at radius 3 is 2.76 bits per heavy atom. The fraction of sp³-hybridized carbons (Fsp3) is 0.250. The van der Waals surface area contributed by atoms with Crippen molar-refractivity contribution in [1.82, 2.24) is 4.98 Å². The zero-order chi connectivity index (χ0) is 14.8. The van der Waals surface area contributed by atoms with E-state index in [2.05, 4.69) is 10.3 Å². The Bertz CT molecular complexity index is 658. The molecule has 5 heteroatoms. The van der Waals surface area contributed by atoms with Crippen molar-refractivity contribution in [2.75, 3.05) is 12.4 Å². The number of amides is 1. The third-order valence-corrected chi connectivity index (χ3v) is 3.99. The predicted octanol–water partition coefficient (Wildman–Crippen LogP) is 3.49. The number of nitrogens with zero attached hydrogens (tertiary/aromatic N) is 1. The second-order valence-electron chi connectivity index (χ2n) is 5.05. The molecule has 1 aromatic heterocycles. The highest BCUT2D eigenvalue weighted by Gasteiger charge is 2.44. The predicted molar refractivity (Wildman–Crippen MR) is 81.7 cm³/mol. The third kappa shape index (κ3) is 3.00. The SMILES string of the molecule is COc1ccc(C2CC2C(=O)Nc2cccnc2Cl)cc1. The number of nitrogens with one attached hydrogen (secondary N) is 1. The van der Waals surface area contributed by atoms with Crippen molar-refractivity contribution in [2.24, 2.45) is 5.92 Å². The van der Waals surface area contributed by atoms with Crippen LogP contribution < -0.4 is 10.1 Å². The summed E-state index contributed by atoms with van der Waals surface area (Å²) in [5.41, 5.74) is 1.72. The van der Waals surface area contributed by atoms with Gasteiger partial charge in [0.25, 0.3) is 0 Å². The standard InChI is InChI=1S/C16H15ClN2O2/c1-21-11-6-4-10(5-7-11)12-9-13(12)16(20)19-14-3-2-8-18-15(14)17/h2-8,12-13H,9H2,1H3,(H,19,20). The summed E-state index contributed by atoms with van der Waals surface area (Å²) in [5, 5.41) is 3.15. The van der Waals surface area contributed by atoms with Gasteiger partial charge >= 0.3 is 0 Å². The highest BCUT2D eigenvalue weighted by molar-refractivity contribution is 6.32. The monoisotopic (exact) mass is 302 g/mol. The average molecular weight is 303 g/mol. The van der Waals surface area contributed by atoms with Crippen molar-refractivity contribution >= 4 is 23.2 Å². The van der Waals surface area contributed by atoms with Crippen LogP contribution in [-0.2, 0) is 4.79 Å². The van der Waals surface area contributed by atoms with Crippen LogP contribution in [0, 0.1) is 5.92 Å². The fourth-order valence-corrected chi connectivity index (χ4v) is 2.58. The van der Waals surface area contributed by atoms with Gasteiger partial charge in [0.05, 0.1) is 12.8 Å². The molecule has 0 bridgehead atoms. The lowest BCUT2D eigenvalue weighted by Gasteiger charge is -2.06. The van der Waals surface area contributed by atoms with Crippen molar-refractivity contribution in [3.63, 3.8) is 0 Å². The summed E-state index contributed by atoms with van der Waals surface area (Å²) < 4.78 is 5.13. The first-order valence-electron chi connectivity index (χ1n) is 6.74. The van der Waals surface area contributed by atoms with Crippen molar-refractivity contribution in [3.8, 4) is 5.75 Å². The molecule has 1 fully saturated rings. The van der Waals surface area contributed by atoms with Gasteiger partial charge < -0.3 is 10.1 Å². The molecule has 1 amide bonds. The third-order valence-electron chi connectivity index (χ3n) is 3.69. The molecule has 1 aromatic carbocycles. The molecule has 3 rings (SSSR count). The summed E-state index contributed by atoms with van der Waals surface area (Å²) in [6, 6.07) is 11.3. The number of carbonyl (C=O) groups is 1. The molecule has 0 spiro atoms. The Morgan fingerprint density at radius 2 is 2.10 bits per heavy atom. The normalized spacial score (nSPS) is 19.9. The molecule has 2 aromatic rings. The molecule has 1 heterocycles. The Morgan fingerprint density at radius 1 is 1.33 bits per heavy atom. The Labute approximate surface area is 128 Å². The van der Waals surface area contributed by atoms with Crippen LogP contribution in [0.15, 0.2) is 42.6 Å². The maximum Gasteiger partial charge on any atom is 0.228 e. The minimum atomic E-state index is -0.00859. The van der Waals surface area contributed by atoms with Crippen molar-refractivity contribution < 1.29 is 9.53 Å². The van der Waals surface area contributed by atoms with E-state index in [0.29, 0.717) is 10.8 Å². The van der Waals surface area contributed by atoms with Crippen LogP contribution in [0.1, 0.15) is 17.9 Å². The van der Waals surface area contributed by atoms with Gasteiger partial charge in [-0.05, 0) is 42.2 Å². The minimum absolute atomic E-state index is 0.00494. The second kappa shape index (κ2) is 5.74. The molecule has 108 valence electrons. The summed E-state index contributed by atoms with van der Waals surface area (Å²) in [7, 11) is 1.64. The minimum Gasteiger partial charge on any atom is -0.497 e. The lowest BCUT2D eigenvalue weighted by molar-refractivity contribution is -0.117. The number of anilines is 1. The number of ether oxygens (including phenoxy) is 1. The number of benzene rings is 1. The lowest BCUT2D eigenvalue weighted by Crippen LogP contribution is -2.15. The molecule has 2 atom stereocenters. The molecular formula is C16H15ClN2O2. The van der Waals surface area contributed by atoms with Gasteiger partial charge in [-0.15, -0.1) is 0 Å². The van der Waals surface area contributed by atoms with Gasteiger partial charge in [-0.3, -0.25) is 4.79 Å². The number of pyridine rings is 1. The van der Waals surface area contributed by atoms with Crippen molar-refractivity contribution in [2.45, 2.75) is 12.3 Å². The smallest absolute Gasteiger partial charge is 0.228 e. The Hall–Kier alpha value is -2.07. The maximum absolute atomic E-state index is 12.2. The lowest BCUT2D eigenvalue weighted by atomic mass is 10.1. The van der Waals surface area contributed by atoms with Gasteiger partial charge in [-0.1, -0.05) is 23.7 Å². The molecule has 4 nitrogen and oxygen atoms in total. The van der Waals surface area contributed by atoms with E-state index in [1.165, 1.54) is 0 Å². The van der Waals surface area contributed by atoms with Gasteiger partial charge in [0, 0.05) is 12.1 Å². The van der Waals surface area contributed by atoms with E-state index in [-0.39, 0.29) is 17.7 Å². The van der Waals surface area contributed by atoms with Crippen LogP contribution in [0.4, 0.5) is 5.69 Å². The van der Waals surface area contributed by atoms with Gasteiger partial charge in [-0.25, -0.2) is 4.98 Å². The number of methoxy groups -OCH3 is 1. The largest absolute Gasteiger partial charge is 0.497 e. The zero-order valence-corrected chi connectivity index (χ0v) is 12.3. The van der Waals surface area contributed by atoms with E-state index in [9.17, 15) is 4.79 Å². The van der Waals surface area contributed by atoms with Gasteiger partial charge in [0.1, 0.15) is 5.75 Å². The number of halogens is 1. The summed E-state index contributed by atoms with van der Waals surface area (Å²) >= 11 is 5.94. The first-order valence-corrected chi connectivity index (χ1v) is 7.12. The van der Waals surface area contributed by atoms with E-state index >= 15 is 0 Å². The number of hydrogen-bond acceptors (Lipinski definition) is 3. The first kappa shape index (κ1) is 13.9. The van der Waals surface area contributed by atoms with Crippen LogP contribution in [-0.4, -0.2) is 18.0 Å². The highest BCUT2D eigenvalue weighted by atomic mass is 35.5. The second-order valence-corrected chi connectivity index (χ2v) is 5.41. The number of carbonyl (C=O) groups excluding carboxylic acids is 1. The van der Waals surface area contributed by atoms with Crippen molar-refractivity contribution in [1.29, 1.82) is 0 Å². The van der Waals surface area contributed by atoms with Crippen LogP contribution >= 0.6 is 11.6 Å². The summed E-state index contributed by atoms with van der Waals surface area (Å²) in [6.07, 6.45) is 2.45. The summed E-state index contributed by atoms with van der Waals surface area (Å²) in [6.45, 7) is 0. The van der Waals surface area contributed by atoms with E-state index in [4.69, 9.17) is 16.3 Å². The Kier molecular flexibility index (Phi) is 3.80.